The Kier molecular flexibility index (Phi) is 4.07. The Labute approximate surface area is 114 Å². The minimum Gasteiger partial charge on any atom is -0.398 e. The number of para-hydroxylation sites is 1. The van der Waals surface area contributed by atoms with Crippen molar-refractivity contribution in [1.82, 2.24) is 4.98 Å². The maximum absolute atomic E-state index is 6.02. The number of anilines is 1. The molecule has 0 saturated heterocycles. The first-order valence-electron chi connectivity index (χ1n) is 5.25. The second-order valence-electron chi connectivity index (χ2n) is 3.74. The quantitative estimate of drug-likeness (QED) is 0.687. The minimum atomic E-state index is 0.834. The molecule has 0 aliphatic carbocycles. The van der Waals surface area contributed by atoms with Crippen LogP contribution < -0.4 is 5.73 Å². The lowest BCUT2D eigenvalue weighted by Gasteiger charge is -2.07. The van der Waals surface area contributed by atoms with Crippen molar-refractivity contribution >= 4 is 33.4 Å². The van der Waals surface area contributed by atoms with E-state index < -0.39 is 0 Å². The molecule has 4 heteroatoms. The smallest absolute Gasteiger partial charge is 0.0507 e. The van der Waals surface area contributed by atoms with Gasteiger partial charge in [0.05, 0.1) is 5.69 Å². The second kappa shape index (κ2) is 5.56. The molecule has 88 valence electrons. The fraction of sp³-hybridized carbons (Fsp3) is 0.154. The van der Waals surface area contributed by atoms with Crippen LogP contribution in [0.3, 0.4) is 0 Å². The number of hydrogen-bond donors (Lipinski definition) is 1. The normalized spacial score (nSPS) is 10.5. The average molecular weight is 309 g/mol. The van der Waals surface area contributed by atoms with Crippen LogP contribution in [0.1, 0.15) is 11.3 Å². The second-order valence-corrected chi connectivity index (χ2v) is 5.68. The van der Waals surface area contributed by atoms with Gasteiger partial charge < -0.3 is 5.73 Å². The zero-order valence-electron chi connectivity index (χ0n) is 9.48. The summed E-state index contributed by atoms with van der Waals surface area (Å²) in [6.45, 7) is 2.03. The Balaban J connectivity index is 2.07. The highest BCUT2D eigenvalue weighted by Gasteiger charge is 2.03. The summed E-state index contributed by atoms with van der Waals surface area (Å²) in [5.41, 5.74) is 9.07. The summed E-state index contributed by atoms with van der Waals surface area (Å²) in [7, 11) is 0. The molecule has 0 saturated carbocycles. The molecule has 0 atom stereocenters. The molecule has 2 N–H and O–H groups in total. The van der Waals surface area contributed by atoms with Gasteiger partial charge in [0.2, 0.25) is 0 Å². The van der Waals surface area contributed by atoms with E-state index in [2.05, 4.69) is 20.9 Å². The molecular weight excluding hydrogens is 296 g/mol. The standard InChI is InChI=1S/C13H13BrN2S/c1-9-3-2-4-12(13(9)15)17-8-11-6-5-10(14)7-16-11/h2-7H,8,15H2,1H3. The molecule has 2 rings (SSSR count). The Morgan fingerprint density at radius 2 is 2.12 bits per heavy atom. The number of nitrogen functional groups attached to an aromatic ring is 1. The Hall–Kier alpha value is -1.00. The van der Waals surface area contributed by atoms with Crippen LogP contribution in [0.25, 0.3) is 0 Å². The van der Waals surface area contributed by atoms with Crippen molar-refractivity contribution in [2.45, 2.75) is 17.6 Å². The summed E-state index contributed by atoms with van der Waals surface area (Å²) in [4.78, 5) is 5.46. The molecule has 2 nitrogen and oxygen atoms in total. The first-order valence-corrected chi connectivity index (χ1v) is 7.03. The summed E-state index contributed by atoms with van der Waals surface area (Å²) in [6, 6.07) is 10.1. The highest BCUT2D eigenvalue weighted by atomic mass is 79.9. The summed E-state index contributed by atoms with van der Waals surface area (Å²) in [5.74, 6) is 0.834. The molecule has 2 aromatic rings. The number of nitrogens with zero attached hydrogens (tertiary/aromatic N) is 1. The van der Waals surface area contributed by atoms with Gasteiger partial charge in [-0.3, -0.25) is 4.98 Å². The Morgan fingerprint density at radius 1 is 1.29 bits per heavy atom. The summed E-state index contributed by atoms with van der Waals surface area (Å²) in [6.07, 6.45) is 1.81. The Bertz CT molecular complexity index is 511. The number of aromatic nitrogens is 1. The van der Waals surface area contributed by atoms with Crippen molar-refractivity contribution in [2.75, 3.05) is 5.73 Å². The monoisotopic (exact) mass is 308 g/mol. The van der Waals surface area contributed by atoms with E-state index in [9.17, 15) is 0 Å². The third-order valence-corrected chi connectivity index (χ3v) is 4.02. The molecule has 1 heterocycles. The third kappa shape index (κ3) is 3.23. The maximum Gasteiger partial charge on any atom is 0.0507 e. The SMILES string of the molecule is Cc1cccc(SCc2ccc(Br)cn2)c1N. The molecule has 0 aliphatic rings. The summed E-state index contributed by atoms with van der Waals surface area (Å²) < 4.78 is 1.00. The zero-order valence-corrected chi connectivity index (χ0v) is 11.9. The van der Waals surface area contributed by atoms with Gasteiger partial charge in [0.1, 0.15) is 0 Å². The van der Waals surface area contributed by atoms with Gasteiger partial charge >= 0.3 is 0 Å². The fourth-order valence-electron chi connectivity index (χ4n) is 1.42. The molecule has 0 radical (unpaired) electrons. The van der Waals surface area contributed by atoms with Crippen molar-refractivity contribution in [2.24, 2.45) is 0 Å². The first kappa shape index (κ1) is 12.5. The van der Waals surface area contributed by atoms with Crippen LogP contribution in [-0.2, 0) is 5.75 Å². The number of aryl methyl sites for hydroxylation is 1. The summed E-state index contributed by atoms with van der Waals surface area (Å²) >= 11 is 5.09. The number of nitrogens with two attached hydrogens (primary N) is 1. The van der Waals surface area contributed by atoms with Gasteiger partial charge in [-0.25, -0.2) is 0 Å². The van der Waals surface area contributed by atoms with Gasteiger partial charge in [0.25, 0.3) is 0 Å². The van der Waals surface area contributed by atoms with Gasteiger partial charge in [0, 0.05) is 27.0 Å². The molecular formula is C13H13BrN2S. The third-order valence-electron chi connectivity index (χ3n) is 2.45. The van der Waals surface area contributed by atoms with Crippen LogP contribution in [-0.4, -0.2) is 4.98 Å². The van der Waals surface area contributed by atoms with E-state index in [1.54, 1.807) is 11.8 Å². The van der Waals surface area contributed by atoms with Gasteiger partial charge in [-0.2, -0.15) is 0 Å². The molecule has 0 fully saturated rings. The van der Waals surface area contributed by atoms with E-state index in [4.69, 9.17) is 5.73 Å². The number of halogens is 1. The van der Waals surface area contributed by atoms with E-state index in [0.717, 1.165) is 32.1 Å². The van der Waals surface area contributed by atoms with E-state index in [-0.39, 0.29) is 0 Å². The van der Waals surface area contributed by atoms with E-state index >= 15 is 0 Å². The molecule has 0 aliphatic heterocycles. The average Bonchev–Trinajstić information content (AvgIpc) is 2.33. The number of rotatable bonds is 3. The minimum absolute atomic E-state index is 0.834. The van der Waals surface area contributed by atoms with Crippen molar-refractivity contribution in [3.63, 3.8) is 0 Å². The van der Waals surface area contributed by atoms with Crippen molar-refractivity contribution in [1.29, 1.82) is 0 Å². The van der Waals surface area contributed by atoms with Crippen LogP contribution in [0, 0.1) is 6.92 Å². The molecule has 17 heavy (non-hydrogen) atoms. The van der Waals surface area contributed by atoms with Crippen molar-refractivity contribution < 1.29 is 0 Å². The highest BCUT2D eigenvalue weighted by Crippen LogP contribution is 2.29. The topological polar surface area (TPSA) is 38.9 Å². The number of hydrogen-bond acceptors (Lipinski definition) is 3. The number of benzene rings is 1. The molecule has 0 unspecified atom stereocenters. The maximum atomic E-state index is 6.02. The van der Waals surface area contributed by atoms with Crippen LogP contribution in [0.2, 0.25) is 0 Å². The molecule has 0 spiro atoms. The van der Waals surface area contributed by atoms with Crippen molar-refractivity contribution in [3.05, 3.63) is 52.3 Å². The van der Waals surface area contributed by atoms with Crippen LogP contribution in [0.4, 0.5) is 5.69 Å². The van der Waals surface area contributed by atoms with Gasteiger partial charge in [0.15, 0.2) is 0 Å². The van der Waals surface area contributed by atoms with Gasteiger partial charge in [-0.1, -0.05) is 12.1 Å². The predicted molar refractivity (Wildman–Crippen MR) is 77.1 cm³/mol. The number of pyridine rings is 1. The van der Waals surface area contributed by atoms with E-state index in [0.29, 0.717) is 0 Å². The largest absolute Gasteiger partial charge is 0.398 e. The molecule has 0 amide bonds. The zero-order chi connectivity index (χ0) is 12.3. The number of thioether (sulfide) groups is 1. The predicted octanol–water partition coefficient (Wildman–Crippen LogP) is 4.03. The lowest BCUT2D eigenvalue weighted by Crippen LogP contribution is -1.93. The lowest BCUT2D eigenvalue weighted by atomic mass is 10.2. The lowest BCUT2D eigenvalue weighted by molar-refractivity contribution is 1.16. The Morgan fingerprint density at radius 3 is 2.82 bits per heavy atom. The van der Waals surface area contributed by atoms with Crippen LogP contribution in [0.15, 0.2) is 45.9 Å². The van der Waals surface area contributed by atoms with E-state index in [1.807, 2.05) is 43.5 Å². The molecule has 1 aromatic carbocycles. The first-order chi connectivity index (χ1) is 8.16. The van der Waals surface area contributed by atoms with E-state index in [1.165, 1.54) is 0 Å². The van der Waals surface area contributed by atoms with Gasteiger partial charge in [-0.15, -0.1) is 11.8 Å². The molecule has 0 bridgehead atoms. The fourth-order valence-corrected chi connectivity index (χ4v) is 2.62. The van der Waals surface area contributed by atoms with Gasteiger partial charge in [-0.05, 0) is 46.6 Å². The highest BCUT2D eigenvalue weighted by molar-refractivity contribution is 9.10. The van der Waals surface area contributed by atoms with Crippen LogP contribution >= 0.6 is 27.7 Å². The van der Waals surface area contributed by atoms with Crippen molar-refractivity contribution in [3.8, 4) is 0 Å². The molecule has 1 aromatic heterocycles. The summed E-state index contributed by atoms with van der Waals surface area (Å²) in [5, 5.41) is 0. The van der Waals surface area contributed by atoms with Crippen LogP contribution in [0.5, 0.6) is 0 Å².